The van der Waals surface area contributed by atoms with Gasteiger partial charge >= 0.3 is 0 Å². The average molecular weight is 305 g/mol. The van der Waals surface area contributed by atoms with Gasteiger partial charge in [0, 0.05) is 30.3 Å². The summed E-state index contributed by atoms with van der Waals surface area (Å²) in [6.45, 7) is 2.56. The lowest BCUT2D eigenvalue weighted by atomic mass is 10.0. The maximum absolute atomic E-state index is 5.94. The lowest BCUT2D eigenvalue weighted by molar-refractivity contribution is 0.254. The van der Waals surface area contributed by atoms with Crippen LogP contribution in [0.25, 0.3) is 16.9 Å². The minimum absolute atomic E-state index is 0.246. The van der Waals surface area contributed by atoms with Crippen molar-refractivity contribution in [3.05, 3.63) is 65.9 Å². The molecule has 0 bridgehead atoms. The van der Waals surface area contributed by atoms with E-state index in [9.17, 15) is 0 Å². The smallest absolute Gasteiger partial charge is 0.123 e. The Balaban J connectivity index is 1.77. The standard InChI is InChI=1S/C19H19N3O/c1-13-9-15-10-14(7-8-18(15)23-13)19-16(11-20)12-22(21-19)17-5-3-2-4-6-17/h2-8,10,12-13H,9,11,20H2,1H3. The fourth-order valence-corrected chi connectivity index (χ4v) is 3.08. The molecule has 1 aromatic heterocycles. The van der Waals surface area contributed by atoms with E-state index in [4.69, 9.17) is 15.6 Å². The number of aromatic nitrogens is 2. The van der Waals surface area contributed by atoms with Gasteiger partial charge in [0.05, 0.1) is 11.4 Å². The highest BCUT2D eigenvalue weighted by molar-refractivity contribution is 5.66. The average Bonchev–Trinajstić information content (AvgIpc) is 3.17. The third kappa shape index (κ3) is 2.51. The summed E-state index contributed by atoms with van der Waals surface area (Å²) in [4.78, 5) is 0. The minimum atomic E-state index is 0.246. The van der Waals surface area contributed by atoms with Gasteiger partial charge in [-0.1, -0.05) is 18.2 Å². The summed E-state index contributed by atoms with van der Waals surface area (Å²) in [5.41, 5.74) is 11.3. The van der Waals surface area contributed by atoms with Crippen molar-refractivity contribution >= 4 is 0 Å². The van der Waals surface area contributed by atoms with Crippen LogP contribution >= 0.6 is 0 Å². The normalized spacial score (nSPS) is 16.2. The van der Waals surface area contributed by atoms with Crippen LogP contribution in [0.3, 0.4) is 0 Å². The van der Waals surface area contributed by atoms with Crippen LogP contribution in [0.5, 0.6) is 5.75 Å². The summed E-state index contributed by atoms with van der Waals surface area (Å²) in [7, 11) is 0. The molecule has 4 rings (SSSR count). The van der Waals surface area contributed by atoms with Crippen LogP contribution in [-0.4, -0.2) is 15.9 Å². The van der Waals surface area contributed by atoms with Crippen LogP contribution in [0, 0.1) is 0 Å². The quantitative estimate of drug-likeness (QED) is 0.807. The predicted octanol–water partition coefficient (Wildman–Crippen LogP) is 3.32. The molecule has 0 saturated carbocycles. The number of nitrogens with zero attached hydrogens (tertiary/aromatic N) is 2. The summed E-state index contributed by atoms with van der Waals surface area (Å²) >= 11 is 0. The molecule has 4 heteroatoms. The van der Waals surface area contributed by atoms with Crippen LogP contribution in [0.1, 0.15) is 18.1 Å². The summed E-state index contributed by atoms with van der Waals surface area (Å²) in [6.07, 6.45) is 3.20. The Kier molecular flexibility index (Phi) is 3.39. The molecule has 2 N–H and O–H groups in total. The molecule has 4 nitrogen and oxygen atoms in total. The summed E-state index contributed by atoms with van der Waals surface area (Å²) in [5.74, 6) is 0.984. The monoisotopic (exact) mass is 305 g/mol. The largest absolute Gasteiger partial charge is 0.490 e. The molecule has 116 valence electrons. The number of benzene rings is 2. The molecule has 0 aliphatic carbocycles. The minimum Gasteiger partial charge on any atom is -0.490 e. The fraction of sp³-hybridized carbons (Fsp3) is 0.211. The van der Waals surface area contributed by atoms with Gasteiger partial charge in [-0.3, -0.25) is 0 Å². The van der Waals surface area contributed by atoms with Crippen molar-refractivity contribution in [2.24, 2.45) is 5.73 Å². The van der Waals surface area contributed by atoms with Gasteiger partial charge in [0.2, 0.25) is 0 Å². The van der Waals surface area contributed by atoms with Crippen molar-refractivity contribution in [3.8, 4) is 22.7 Å². The van der Waals surface area contributed by atoms with Crippen molar-refractivity contribution < 1.29 is 4.74 Å². The molecule has 2 aromatic carbocycles. The summed E-state index contributed by atoms with van der Waals surface area (Å²) in [5, 5.41) is 4.76. The molecule has 0 fully saturated rings. The van der Waals surface area contributed by atoms with Gasteiger partial charge in [-0.15, -0.1) is 0 Å². The fourth-order valence-electron chi connectivity index (χ4n) is 3.08. The first-order valence-corrected chi connectivity index (χ1v) is 7.88. The molecule has 0 radical (unpaired) electrons. The van der Waals surface area contributed by atoms with E-state index in [2.05, 4.69) is 19.1 Å². The van der Waals surface area contributed by atoms with Crippen molar-refractivity contribution in [1.29, 1.82) is 0 Å². The van der Waals surface area contributed by atoms with E-state index in [-0.39, 0.29) is 6.10 Å². The third-order valence-corrected chi connectivity index (χ3v) is 4.20. The number of hydrogen-bond acceptors (Lipinski definition) is 3. The molecule has 23 heavy (non-hydrogen) atoms. The second-order valence-corrected chi connectivity index (χ2v) is 5.94. The first kappa shape index (κ1) is 14.0. The number of rotatable bonds is 3. The molecular formula is C19H19N3O. The van der Waals surface area contributed by atoms with Crippen LogP contribution in [0.15, 0.2) is 54.7 Å². The Morgan fingerprint density at radius 1 is 1.22 bits per heavy atom. The molecule has 0 spiro atoms. The van der Waals surface area contributed by atoms with Crippen LogP contribution < -0.4 is 10.5 Å². The molecule has 1 aliphatic rings. The van der Waals surface area contributed by atoms with E-state index in [0.29, 0.717) is 6.54 Å². The van der Waals surface area contributed by atoms with Gasteiger partial charge in [0.15, 0.2) is 0 Å². The number of hydrogen-bond donors (Lipinski definition) is 1. The molecule has 1 unspecified atom stereocenters. The zero-order valence-electron chi connectivity index (χ0n) is 13.1. The van der Waals surface area contributed by atoms with E-state index < -0.39 is 0 Å². The van der Waals surface area contributed by atoms with E-state index >= 15 is 0 Å². The van der Waals surface area contributed by atoms with Gasteiger partial charge in [0.1, 0.15) is 11.9 Å². The van der Waals surface area contributed by atoms with Crippen LogP contribution in [0.2, 0.25) is 0 Å². The third-order valence-electron chi connectivity index (χ3n) is 4.20. The topological polar surface area (TPSA) is 53.1 Å². The van der Waals surface area contributed by atoms with Crippen LogP contribution in [-0.2, 0) is 13.0 Å². The Labute approximate surface area is 135 Å². The Bertz CT molecular complexity index is 839. The molecule has 3 aromatic rings. The summed E-state index contributed by atoms with van der Waals surface area (Å²) in [6, 6.07) is 16.4. The van der Waals surface area contributed by atoms with E-state index in [1.807, 2.05) is 47.3 Å². The predicted molar refractivity (Wildman–Crippen MR) is 90.7 cm³/mol. The number of para-hydroxylation sites is 1. The lowest BCUT2D eigenvalue weighted by Crippen LogP contribution is -2.05. The van der Waals surface area contributed by atoms with Crippen molar-refractivity contribution in [3.63, 3.8) is 0 Å². The SMILES string of the molecule is CC1Cc2cc(-c3nn(-c4ccccc4)cc3CN)ccc2O1. The van der Waals surface area contributed by atoms with E-state index in [0.717, 1.165) is 34.7 Å². The number of nitrogens with two attached hydrogens (primary N) is 1. The Hall–Kier alpha value is -2.59. The number of fused-ring (bicyclic) bond motifs is 1. The van der Waals surface area contributed by atoms with Gasteiger partial charge < -0.3 is 10.5 Å². The molecule has 0 amide bonds. The van der Waals surface area contributed by atoms with Gasteiger partial charge in [0.25, 0.3) is 0 Å². The highest BCUT2D eigenvalue weighted by atomic mass is 16.5. The van der Waals surface area contributed by atoms with Gasteiger partial charge in [-0.05, 0) is 42.8 Å². The van der Waals surface area contributed by atoms with Crippen molar-refractivity contribution in [2.45, 2.75) is 26.0 Å². The number of ether oxygens (including phenoxy) is 1. The van der Waals surface area contributed by atoms with Crippen LogP contribution in [0.4, 0.5) is 0 Å². The van der Waals surface area contributed by atoms with E-state index in [1.54, 1.807) is 0 Å². The van der Waals surface area contributed by atoms with Gasteiger partial charge in [-0.2, -0.15) is 5.10 Å². The zero-order chi connectivity index (χ0) is 15.8. The second kappa shape index (κ2) is 5.56. The molecule has 0 saturated heterocycles. The highest BCUT2D eigenvalue weighted by Gasteiger charge is 2.20. The van der Waals surface area contributed by atoms with Gasteiger partial charge in [-0.25, -0.2) is 4.68 Å². The Morgan fingerprint density at radius 2 is 2.04 bits per heavy atom. The first-order valence-electron chi connectivity index (χ1n) is 7.88. The zero-order valence-corrected chi connectivity index (χ0v) is 13.1. The first-order chi connectivity index (χ1) is 11.2. The van der Waals surface area contributed by atoms with E-state index in [1.165, 1.54) is 5.56 Å². The molecule has 1 atom stereocenters. The molecular weight excluding hydrogens is 286 g/mol. The summed E-state index contributed by atoms with van der Waals surface area (Å²) < 4.78 is 7.67. The highest BCUT2D eigenvalue weighted by Crippen LogP contribution is 2.33. The van der Waals surface area contributed by atoms with Crippen molar-refractivity contribution in [2.75, 3.05) is 0 Å². The second-order valence-electron chi connectivity index (χ2n) is 5.94. The van der Waals surface area contributed by atoms with Crippen molar-refractivity contribution in [1.82, 2.24) is 9.78 Å². The maximum atomic E-state index is 5.94. The molecule has 2 heterocycles. The lowest BCUT2D eigenvalue weighted by Gasteiger charge is -2.04. The maximum Gasteiger partial charge on any atom is 0.123 e. The Morgan fingerprint density at radius 3 is 2.83 bits per heavy atom. The molecule has 1 aliphatic heterocycles.